The summed E-state index contributed by atoms with van der Waals surface area (Å²) < 4.78 is 7.42. The third kappa shape index (κ3) is 2.19. The van der Waals surface area contributed by atoms with Crippen LogP contribution in [0.3, 0.4) is 0 Å². The van der Waals surface area contributed by atoms with Gasteiger partial charge in [-0.05, 0) is 19.4 Å². The van der Waals surface area contributed by atoms with Gasteiger partial charge >= 0.3 is 6.01 Å². The fraction of sp³-hybridized carbons (Fsp3) is 0.818. The van der Waals surface area contributed by atoms with Gasteiger partial charge in [0.1, 0.15) is 5.82 Å². The van der Waals surface area contributed by atoms with Gasteiger partial charge < -0.3 is 10.5 Å². The van der Waals surface area contributed by atoms with Crippen molar-refractivity contribution >= 4 is 0 Å². The number of nitrogens with zero attached hydrogens (tertiary/aromatic N) is 3. The van der Waals surface area contributed by atoms with Crippen molar-refractivity contribution in [2.45, 2.75) is 44.6 Å². The summed E-state index contributed by atoms with van der Waals surface area (Å²) in [7, 11) is 1.65. The summed E-state index contributed by atoms with van der Waals surface area (Å²) in [4.78, 5) is 0. The topological polar surface area (TPSA) is 66.0 Å². The second kappa shape index (κ2) is 5.30. The molecule has 0 aromatic carbocycles. The Bertz CT molecular complexity index is 331. The summed E-state index contributed by atoms with van der Waals surface area (Å²) in [5, 5.41) is 8.22. The van der Waals surface area contributed by atoms with Crippen LogP contribution >= 0.6 is 0 Å². The highest BCUT2D eigenvalue weighted by atomic mass is 16.5. The van der Waals surface area contributed by atoms with Crippen LogP contribution in [0.2, 0.25) is 0 Å². The lowest BCUT2D eigenvalue weighted by Gasteiger charge is -2.24. The molecule has 1 aromatic rings. The van der Waals surface area contributed by atoms with Gasteiger partial charge in [-0.3, -0.25) is 4.57 Å². The lowest BCUT2D eigenvalue weighted by Crippen LogP contribution is -2.18. The molecule has 0 spiro atoms. The van der Waals surface area contributed by atoms with E-state index in [-0.39, 0.29) is 0 Å². The molecular formula is C11H20N4O. The van der Waals surface area contributed by atoms with E-state index in [2.05, 4.69) is 14.8 Å². The van der Waals surface area contributed by atoms with E-state index >= 15 is 0 Å². The second-order valence-corrected chi connectivity index (χ2v) is 4.30. The number of nitrogens with two attached hydrogens (primary N) is 1. The molecule has 5 heteroatoms. The molecule has 2 rings (SSSR count). The number of methoxy groups -OCH3 is 1. The minimum atomic E-state index is 0.500. The standard InChI is InChI=1S/C11H20N4O/c1-16-11-14-13-10(7-8-12)15(11)9-5-3-2-4-6-9/h9H,2-8,12H2,1H3. The molecule has 0 bridgehead atoms. The van der Waals surface area contributed by atoms with Gasteiger partial charge in [0.05, 0.1) is 7.11 Å². The van der Waals surface area contributed by atoms with Gasteiger partial charge in [0, 0.05) is 12.5 Å². The van der Waals surface area contributed by atoms with Gasteiger partial charge in [0.15, 0.2) is 0 Å². The molecule has 5 nitrogen and oxygen atoms in total. The van der Waals surface area contributed by atoms with Crippen LogP contribution in [0, 0.1) is 0 Å². The predicted molar refractivity (Wildman–Crippen MR) is 61.5 cm³/mol. The molecule has 1 aromatic heterocycles. The maximum Gasteiger partial charge on any atom is 0.316 e. The summed E-state index contributed by atoms with van der Waals surface area (Å²) in [6, 6.07) is 1.13. The number of hydrogen-bond donors (Lipinski definition) is 1. The van der Waals surface area contributed by atoms with Gasteiger partial charge in [0.2, 0.25) is 0 Å². The average molecular weight is 224 g/mol. The molecule has 1 aliphatic rings. The van der Waals surface area contributed by atoms with Crippen molar-refractivity contribution in [3.05, 3.63) is 5.82 Å². The zero-order valence-electron chi connectivity index (χ0n) is 9.85. The number of ether oxygens (including phenoxy) is 1. The van der Waals surface area contributed by atoms with E-state index < -0.39 is 0 Å². The SMILES string of the molecule is COc1nnc(CCN)n1C1CCCCC1. The molecule has 0 aliphatic heterocycles. The largest absolute Gasteiger partial charge is 0.467 e. The highest BCUT2D eigenvalue weighted by Crippen LogP contribution is 2.31. The molecule has 16 heavy (non-hydrogen) atoms. The van der Waals surface area contributed by atoms with Crippen molar-refractivity contribution in [1.29, 1.82) is 0 Å². The molecule has 1 heterocycles. The molecule has 0 saturated heterocycles. The van der Waals surface area contributed by atoms with Gasteiger partial charge in [-0.1, -0.05) is 24.4 Å². The van der Waals surface area contributed by atoms with Gasteiger partial charge in [-0.2, -0.15) is 0 Å². The normalized spacial score (nSPS) is 17.6. The minimum Gasteiger partial charge on any atom is -0.467 e. The first-order valence-corrected chi connectivity index (χ1v) is 6.04. The van der Waals surface area contributed by atoms with Crippen molar-refractivity contribution in [2.75, 3.05) is 13.7 Å². The second-order valence-electron chi connectivity index (χ2n) is 4.30. The summed E-state index contributed by atoms with van der Waals surface area (Å²) in [5.74, 6) is 0.964. The first-order valence-electron chi connectivity index (χ1n) is 6.04. The van der Waals surface area contributed by atoms with Crippen LogP contribution in [0.25, 0.3) is 0 Å². The molecule has 0 unspecified atom stereocenters. The Morgan fingerprint density at radius 3 is 2.69 bits per heavy atom. The van der Waals surface area contributed by atoms with Crippen LogP contribution in [-0.4, -0.2) is 28.4 Å². The minimum absolute atomic E-state index is 0.500. The van der Waals surface area contributed by atoms with E-state index in [0.717, 1.165) is 12.2 Å². The highest BCUT2D eigenvalue weighted by Gasteiger charge is 2.22. The van der Waals surface area contributed by atoms with Gasteiger partial charge in [-0.15, -0.1) is 5.10 Å². The maximum atomic E-state index is 5.59. The lowest BCUT2D eigenvalue weighted by molar-refractivity contribution is 0.289. The molecular weight excluding hydrogens is 204 g/mol. The summed E-state index contributed by atoms with van der Waals surface area (Å²) in [5.41, 5.74) is 5.59. The molecule has 1 aliphatic carbocycles. The number of aromatic nitrogens is 3. The van der Waals surface area contributed by atoms with Crippen LogP contribution in [0.4, 0.5) is 0 Å². The Balaban J connectivity index is 2.23. The third-order valence-corrected chi connectivity index (χ3v) is 3.23. The van der Waals surface area contributed by atoms with Crippen LogP contribution in [0.15, 0.2) is 0 Å². The van der Waals surface area contributed by atoms with Crippen molar-refractivity contribution in [2.24, 2.45) is 5.73 Å². The Kier molecular flexibility index (Phi) is 3.77. The first-order chi connectivity index (χ1) is 7.86. The van der Waals surface area contributed by atoms with Crippen LogP contribution in [0.5, 0.6) is 6.01 Å². The zero-order chi connectivity index (χ0) is 11.4. The molecule has 90 valence electrons. The van der Waals surface area contributed by atoms with Gasteiger partial charge in [-0.25, -0.2) is 0 Å². The van der Waals surface area contributed by atoms with E-state index in [0.29, 0.717) is 18.6 Å². The molecule has 1 fully saturated rings. The quantitative estimate of drug-likeness (QED) is 0.837. The predicted octanol–water partition coefficient (Wildman–Crippen LogP) is 1.29. The average Bonchev–Trinajstić information content (AvgIpc) is 2.74. The molecule has 0 atom stereocenters. The number of hydrogen-bond acceptors (Lipinski definition) is 4. The maximum absolute atomic E-state index is 5.59. The van der Waals surface area contributed by atoms with Crippen LogP contribution < -0.4 is 10.5 Å². The molecule has 0 radical (unpaired) electrons. The van der Waals surface area contributed by atoms with Gasteiger partial charge in [0.25, 0.3) is 0 Å². The Morgan fingerprint density at radius 2 is 2.06 bits per heavy atom. The zero-order valence-corrected chi connectivity index (χ0v) is 9.85. The van der Waals surface area contributed by atoms with E-state index in [1.54, 1.807) is 7.11 Å². The Labute approximate surface area is 96.0 Å². The van der Waals surface area contributed by atoms with Crippen molar-refractivity contribution in [3.8, 4) is 6.01 Å². The van der Waals surface area contributed by atoms with E-state index in [1.807, 2.05) is 0 Å². The Hall–Kier alpha value is -1.10. The molecule has 0 amide bonds. The van der Waals surface area contributed by atoms with E-state index in [1.165, 1.54) is 32.1 Å². The fourth-order valence-corrected chi connectivity index (χ4v) is 2.45. The molecule has 2 N–H and O–H groups in total. The summed E-state index contributed by atoms with van der Waals surface area (Å²) >= 11 is 0. The monoisotopic (exact) mass is 224 g/mol. The van der Waals surface area contributed by atoms with Crippen molar-refractivity contribution in [3.63, 3.8) is 0 Å². The number of rotatable bonds is 4. The summed E-state index contributed by atoms with van der Waals surface area (Å²) in [6.45, 7) is 0.606. The van der Waals surface area contributed by atoms with Crippen molar-refractivity contribution in [1.82, 2.24) is 14.8 Å². The third-order valence-electron chi connectivity index (χ3n) is 3.23. The molecule has 1 saturated carbocycles. The van der Waals surface area contributed by atoms with Crippen LogP contribution in [0.1, 0.15) is 44.0 Å². The van der Waals surface area contributed by atoms with Crippen LogP contribution in [-0.2, 0) is 6.42 Å². The fourth-order valence-electron chi connectivity index (χ4n) is 2.45. The lowest BCUT2D eigenvalue weighted by atomic mass is 9.95. The van der Waals surface area contributed by atoms with E-state index in [9.17, 15) is 0 Å². The summed E-state index contributed by atoms with van der Waals surface area (Å²) in [6.07, 6.45) is 7.08. The van der Waals surface area contributed by atoms with Crippen molar-refractivity contribution < 1.29 is 4.74 Å². The smallest absolute Gasteiger partial charge is 0.316 e. The Morgan fingerprint density at radius 1 is 1.31 bits per heavy atom. The van der Waals surface area contributed by atoms with E-state index in [4.69, 9.17) is 10.5 Å². The first kappa shape index (κ1) is 11.4. The highest BCUT2D eigenvalue weighted by molar-refractivity contribution is 5.04.